The van der Waals surface area contributed by atoms with Gasteiger partial charge in [-0.1, -0.05) is 72.8 Å². The number of benzene rings is 4. The van der Waals surface area contributed by atoms with E-state index in [2.05, 4.69) is 119 Å². The Hall–Kier alpha value is -6.62. The van der Waals surface area contributed by atoms with Crippen LogP contribution in [-0.2, 0) is 59.6 Å². The fraction of sp³-hybridized carbons (Fsp3) is 0.483. The maximum atomic E-state index is 12.5. The summed E-state index contributed by atoms with van der Waals surface area (Å²) in [5, 5.41) is 11.6. The molecule has 4 N–H and O–H groups in total. The van der Waals surface area contributed by atoms with E-state index < -0.39 is 17.2 Å². The van der Waals surface area contributed by atoms with Crippen molar-refractivity contribution >= 4 is 36.0 Å². The van der Waals surface area contributed by atoms with Crippen molar-refractivity contribution < 1.29 is 48.1 Å². The SMILES string of the molecule is C[C@H]1CN(Cc2cccc(-c3cccc(CN)c3)c2)CCN1C(=O)OC(C)(C)C.C[C@H]1CN(Cc2cccc(-c3cccc(CNC(=O)CCCC(=O)O)c3)c2)CCN1C(=O)OC(C)(C)C.O=C1CCCC(=O)O1. The Morgan fingerprint density at radius 1 is 0.622 bits per heavy atom. The second-order valence-corrected chi connectivity index (χ2v) is 21.2. The van der Waals surface area contributed by atoms with Crippen LogP contribution in [0.1, 0.15) is 116 Å². The molecule has 0 bridgehead atoms. The fourth-order valence-electron chi connectivity index (χ4n) is 8.79. The number of esters is 2. The molecule has 0 aromatic heterocycles. The summed E-state index contributed by atoms with van der Waals surface area (Å²) in [7, 11) is 0. The highest BCUT2D eigenvalue weighted by atomic mass is 16.6. The molecule has 4 aromatic carbocycles. The second kappa shape index (κ2) is 27.6. The number of amides is 3. The molecule has 0 unspecified atom stereocenters. The van der Waals surface area contributed by atoms with Gasteiger partial charge in [-0.05, 0) is 137 Å². The Bertz CT molecular complexity index is 2520. The third-order valence-electron chi connectivity index (χ3n) is 12.4. The Morgan fingerprint density at radius 3 is 1.41 bits per heavy atom. The van der Waals surface area contributed by atoms with Gasteiger partial charge in [0, 0.05) is 103 Å². The largest absolute Gasteiger partial charge is 0.481 e. The molecule has 0 saturated carbocycles. The van der Waals surface area contributed by atoms with Crippen molar-refractivity contribution in [2.75, 3.05) is 39.3 Å². The number of ether oxygens (including phenoxy) is 3. The summed E-state index contributed by atoms with van der Waals surface area (Å²) in [6.07, 6.45) is 1.51. The molecule has 4 aromatic rings. The molecule has 400 valence electrons. The minimum Gasteiger partial charge on any atom is -0.481 e. The van der Waals surface area contributed by atoms with E-state index in [1.54, 1.807) is 0 Å². The lowest BCUT2D eigenvalue weighted by Crippen LogP contribution is -2.54. The third-order valence-corrected chi connectivity index (χ3v) is 12.4. The standard InChI is InChI=1S/C29H39N3O5.C24H33N3O2.C5H6O3/c1-21-19-31(14-15-32(21)28(36)37-29(2,3)4)20-23-9-6-11-25(17-23)24-10-5-8-22(16-24)18-30-26(33)12-7-13-27(34)35;1-18-16-26(11-12-27(18)23(28)29-24(2,3)4)17-20-8-6-10-22(14-20)21-9-5-7-19(13-21)15-25;6-4-2-1-3-5(7)8-4/h5-6,8-11,16-17,21H,7,12-15,18-20H2,1-4H3,(H,30,33)(H,34,35);5-10,13-14,18H,11-12,15-17,25H2,1-4H3;1-3H2/t21-;18-;/m00./s1. The van der Waals surface area contributed by atoms with Crippen LogP contribution in [0.2, 0.25) is 0 Å². The first-order valence-electron chi connectivity index (χ1n) is 25.8. The van der Waals surface area contributed by atoms with Crippen molar-refractivity contribution in [2.24, 2.45) is 5.73 Å². The number of piperazine rings is 2. The predicted octanol–water partition coefficient (Wildman–Crippen LogP) is 9.16. The number of nitrogens with two attached hydrogens (primary N) is 1. The van der Waals surface area contributed by atoms with Crippen LogP contribution in [0.4, 0.5) is 9.59 Å². The van der Waals surface area contributed by atoms with E-state index in [1.807, 2.05) is 63.5 Å². The predicted molar refractivity (Wildman–Crippen MR) is 285 cm³/mol. The molecule has 3 heterocycles. The summed E-state index contributed by atoms with van der Waals surface area (Å²) in [5.41, 5.74) is 14.0. The van der Waals surface area contributed by atoms with Crippen molar-refractivity contribution in [2.45, 2.75) is 143 Å². The molecule has 0 radical (unpaired) electrons. The van der Waals surface area contributed by atoms with Crippen molar-refractivity contribution in [3.8, 4) is 22.3 Å². The van der Waals surface area contributed by atoms with E-state index in [1.165, 1.54) is 22.3 Å². The highest BCUT2D eigenvalue weighted by Crippen LogP contribution is 2.26. The van der Waals surface area contributed by atoms with Crippen LogP contribution >= 0.6 is 0 Å². The van der Waals surface area contributed by atoms with Crippen LogP contribution in [0.5, 0.6) is 0 Å². The van der Waals surface area contributed by atoms with Gasteiger partial charge in [-0.3, -0.25) is 29.0 Å². The van der Waals surface area contributed by atoms with Gasteiger partial charge < -0.3 is 40.2 Å². The van der Waals surface area contributed by atoms with Crippen LogP contribution < -0.4 is 11.1 Å². The zero-order chi connectivity index (χ0) is 54.0. The van der Waals surface area contributed by atoms with E-state index in [9.17, 15) is 28.8 Å². The molecule has 3 fully saturated rings. The third kappa shape index (κ3) is 20.0. The van der Waals surface area contributed by atoms with Gasteiger partial charge in [-0.2, -0.15) is 0 Å². The first kappa shape index (κ1) is 58.3. The number of nitrogens with zero attached hydrogens (tertiary/aromatic N) is 4. The van der Waals surface area contributed by atoms with Gasteiger partial charge in [0.15, 0.2) is 0 Å². The highest BCUT2D eigenvalue weighted by Gasteiger charge is 2.32. The number of carbonyl (C=O) groups is 6. The van der Waals surface area contributed by atoms with Crippen molar-refractivity contribution in [1.29, 1.82) is 0 Å². The monoisotopic (exact) mass is 1020 g/mol. The summed E-state index contributed by atoms with van der Waals surface area (Å²) < 4.78 is 15.3. The molecule has 7 rings (SSSR count). The molecule has 3 aliphatic heterocycles. The molecule has 0 spiro atoms. The smallest absolute Gasteiger partial charge is 0.410 e. The summed E-state index contributed by atoms with van der Waals surface area (Å²) in [6.45, 7) is 22.7. The number of hydrogen-bond donors (Lipinski definition) is 3. The molecule has 74 heavy (non-hydrogen) atoms. The van der Waals surface area contributed by atoms with Gasteiger partial charge in [0.1, 0.15) is 11.2 Å². The number of carboxylic acid groups (broad SMARTS) is 1. The maximum Gasteiger partial charge on any atom is 0.410 e. The van der Waals surface area contributed by atoms with Gasteiger partial charge in [0.2, 0.25) is 5.91 Å². The lowest BCUT2D eigenvalue weighted by atomic mass is 10.0. The highest BCUT2D eigenvalue weighted by molar-refractivity contribution is 5.87. The van der Waals surface area contributed by atoms with Crippen molar-refractivity contribution in [3.63, 3.8) is 0 Å². The molecule has 2 atom stereocenters. The van der Waals surface area contributed by atoms with Crippen LogP contribution in [0.3, 0.4) is 0 Å². The summed E-state index contributed by atoms with van der Waals surface area (Å²) >= 11 is 0. The number of nitrogens with one attached hydrogen (secondary N) is 1. The number of aliphatic carboxylic acids is 1. The molecule has 0 aliphatic carbocycles. The lowest BCUT2D eigenvalue weighted by Gasteiger charge is -2.40. The number of cyclic esters (lactones) is 2. The minimum absolute atomic E-state index is 0.00240. The Balaban J connectivity index is 0.000000242. The fourth-order valence-corrected chi connectivity index (χ4v) is 8.79. The number of hydrogen-bond acceptors (Lipinski definition) is 12. The molecule has 16 nitrogen and oxygen atoms in total. The van der Waals surface area contributed by atoms with E-state index in [4.69, 9.17) is 20.3 Å². The van der Waals surface area contributed by atoms with Gasteiger partial charge in [0.25, 0.3) is 0 Å². The van der Waals surface area contributed by atoms with E-state index >= 15 is 0 Å². The van der Waals surface area contributed by atoms with Crippen LogP contribution in [0.25, 0.3) is 22.3 Å². The summed E-state index contributed by atoms with van der Waals surface area (Å²) in [6, 6.07) is 33.8. The first-order valence-corrected chi connectivity index (χ1v) is 25.8. The molecular weight excluding hydrogens is 941 g/mol. The van der Waals surface area contributed by atoms with Crippen LogP contribution in [0, 0.1) is 0 Å². The summed E-state index contributed by atoms with van der Waals surface area (Å²) in [5.74, 6) is -1.81. The van der Waals surface area contributed by atoms with E-state index in [-0.39, 0.29) is 55.0 Å². The Labute approximate surface area is 437 Å². The van der Waals surface area contributed by atoms with E-state index in [0.717, 1.165) is 61.5 Å². The molecular formula is C58H78N6O10. The van der Waals surface area contributed by atoms with Gasteiger partial charge in [0.05, 0.1) is 0 Å². The molecule has 3 amide bonds. The van der Waals surface area contributed by atoms with Crippen LogP contribution in [0.15, 0.2) is 97.1 Å². The van der Waals surface area contributed by atoms with Crippen LogP contribution in [-0.4, -0.2) is 123 Å². The second-order valence-electron chi connectivity index (χ2n) is 21.2. The average Bonchev–Trinajstić information content (AvgIpc) is 3.33. The average molecular weight is 1020 g/mol. The van der Waals surface area contributed by atoms with E-state index in [0.29, 0.717) is 51.9 Å². The quantitative estimate of drug-likeness (QED) is 0.0651. The number of rotatable bonds is 13. The zero-order valence-electron chi connectivity index (χ0n) is 44.7. The topological polar surface area (TPSA) is 201 Å². The Kier molecular flexibility index (Phi) is 21.7. The maximum absolute atomic E-state index is 12.5. The normalized spacial score (nSPS) is 17.4. The molecule has 3 saturated heterocycles. The van der Waals surface area contributed by atoms with Crippen molar-refractivity contribution in [1.82, 2.24) is 24.9 Å². The van der Waals surface area contributed by atoms with Gasteiger partial charge in [-0.15, -0.1) is 0 Å². The lowest BCUT2D eigenvalue weighted by molar-refractivity contribution is -0.163. The van der Waals surface area contributed by atoms with Gasteiger partial charge in [-0.25, -0.2) is 9.59 Å². The minimum atomic E-state index is -0.889. The zero-order valence-corrected chi connectivity index (χ0v) is 44.7. The van der Waals surface area contributed by atoms with Crippen molar-refractivity contribution in [3.05, 3.63) is 119 Å². The first-order chi connectivity index (χ1) is 35.0. The number of carbonyl (C=O) groups excluding carboxylic acids is 5. The molecule has 16 heteroatoms. The van der Waals surface area contributed by atoms with Gasteiger partial charge >= 0.3 is 30.1 Å². The molecule has 3 aliphatic rings. The number of carboxylic acids is 1. The Morgan fingerprint density at radius 2 is 1.03 bits per heavy atom. The summed E-state index contributed by atoms with van der Waals surface area (Å²) in [4.78, 5) is 76.4.